The first-order valence-corrected chi connectivity index (χ1v) is 6.64. The molecule has 1 N–H and O–H groups in total. The second-order valence-corrected chi connectivity index (χ2v) is 4.56. The summed E-state index contributed by atoms with van der Waals surface area (Å²) in [6, 6.07) is 3.57. The van der Waals surface area contributed by atoms with Gasteiger partial charge in [0.15, 0.2) is 5.76 Å². The Labute approximate surface area is 116 Å². The molecule has 2 aromatic heterocycles. The Morgan fingerprint density at radius 1 is 1.45 bits per heavy atom. The second kappa shape index (κ2) is 5.87. The van der Waals surface area contributed by atoms with Gasteiger partial charge < -0.3 is 19.1 Å². The first-order valence-electron chi connectivity index (χ1n) is 6.64. The molecule has 0 amide bonds. The molecule has 0 fully saturated rings. The number of furan rings is 1. The minimum absolute atomic E-state index is 0.0948. The van der Waals surface area contributed by atoms with Crippen molar-refractivity contribution in [2.24, 2.45) is 5.16 Å². The van der Waals surface area contributed by atoms with Crippen LogP contribution in [0.5, 0.6) is 0 Å². The van der Waals surface area contributed by atoms with Gasteiger partial charge in [0.25, 0.3) is 0 Å². The average molecular weight is 276 g/mol. The average Bonchev–Trinajstić information content (AvgIpc) is 3.20. The van der Waals surface area contributed by atoms with Gasteiger partial charge >= 0.3 is 0 Å². The maximum Gasteiger partial charge on any atom is 0.241 e. The lowest BCUT2D eigenvalue weighted by Crippen LogP contribution is -2.26. The van der Waals surface area contributed by atoms with Gasteiger partial charge in [-0.3, -0.25) is 0 Å². The van der Waals surface area contributed by atoms with Crippen LogP contribution in [0.2, 0.25) is 0 Å². The summed E-state index contributed by atoms with van der Waals surface area (Å²) >= 11 is 0. The summed E-state index contributed by atoms with van der Waals surface area (Å²) in [6.45, 7) is 3.27. The quantitative estimate of drug-likeness (QED) is 0.868. The molecule has 1 aliphatic heterocycles. The van der Waals surface area contributed by atoms with E-state index in [1.54, 1.807) is 18.4 Å². The maximum absolute atomic E-state index is 5.30. The van der Waals surface area contributed by atoms with Gasteiger partial charge in [0.1, 0.15) is 6.10 Å². The van der Waals surface area contributed by atoms with Crippen LogP contribution in [0.3, 0.4) is 0 Å². The third-order valence-electron chi connectivity index (χ3n) is 3.06. The van der Waals surface area contributed by atoms with Crippen molar-refractivity contribution in [2.75, 3.05) is 6.54 Å². The van der Waals surface area contributed by atoms with Crippen molar-refractivity contribution in [2.45, 2.75) is 32.4 Å². The Bertz CT molecular complexity index is 576. The molecule has 1 atom stereocenters. The molecule has 0 saturated heterocycles. The van der Waals surface area contributed by atoms with Crippen molar-refractivity contribution < 1.29 is 13.8 Å². The van der Waals surface area contributed by atoms with E-state index in [2.05, 4.69) is 27.5 Å². The van der Waals surface area contributed by atoms with Crippen molar-refractivity contribution in [3.05, 3.63) is 24.3 Å². The van der Waals surface area contributed by atoms with Crippen LogP contribution in [0, 0.1) is 0 Å². The predicted octanol–water partition coefficient (Wildman–Crippen LogP) is 1.97. The van der Waals surface area contributed by atoms with E-state index in [-0.39, 0.29) is 6.10 Å². The molecule has 0 spiro atoms. The molecule has 7 heteroatoms. The van der Waals surface area contributed by atoms with E-state index >= 15 is 0 Å². The molecular weight excluding hydrogens is 260 g/mol. The summed E-state index contributed by atoms with van der Waals surface area (Å²) in [5, 5.41) is 11.1. The number of nitrogens with one attached hydrogen (secondary N) is 1. The van der Waals surface area contributed by atoms with Crippen LogP contribution in [0.4, 0.5) is 0 Å². The molecule has 3 heterocycles. The van der Waals surface area contributed by atoms with E-state index in [0.717, 1.165) is 18.6 Å². The van der Waals surface area contributed by atoms with E-state index in [1.165, 1.54) is 0 Å². The van der Waals surface area contributed by atoms with Gasteiger partial charge in [-0.25, -0.2) is 0 Å². The van der Waals surface area contributed by atoms with Crippen LogP contribution in [0.25, 0.3) is 11.6 Å². The zero-order valence-corrected chi connectivity index (χ0v) is 11.2. The number of oxime groups is 1. The van der Waals surface area contributed by atoms with Crippen LogP contribution in [-0.4, -0.2) is 28.5 Å². The third-order valence-corrected chi connectivity index (χ3v) is 3.06. The molecule has 106 valence electrons. The highest BCUT2D eigenvalue weighted by Crippen LogP contribution is 2.16. The maximum atomic E-state index is 5.30. The van der Waals surface area contributed by atoms with Crippen molar-refractivity contribution >= 4 is 5.71 Å². The Morgan fingerprint density at radius 3 is 3.15 bits per heavy atom. The lowest BCUT2D eigenvalue weighted by molar-refractivity contribution is 0.0842. The van der Waals surface area contributed by atoms with Crippen LogP contribution >= 0.6 is 0 Å². The zero-order valence-electron chi connectivity index (χ0n) is 11.2. The van der Waals surface area contributed by atoms with Gasteiger partial charge in [0.2, 0.25) is 11.7 Å². The molecule has 7 nitrogen and oxygen atoms in total. The largest absolute Gasteiger partial charge is 0.461 e. The van der Waals surface area contributed by atoms with Crippen LogP contribution in [0.15, 0.2) is 32.5 Å². The number of hydrogen-bond acceptors (Lipinski definition) is 7. The van der Waals surface area contributed by atoms with E-state index in [0.29, 0.717) is 30.6 Å². The fraction of sp³-hybridized carbons (Fsp3) is 0.462. The highest BCUT2D eigenvalue weighted by molar-refractivity contribution is 5.85. The van der Waals surface area contributed by atoms with Crippen LogP contribution in [0.1, 0.15) is 25.7 Å². The number of hydrogen-bond donors (Lipinski definition) is 1. The Kier molecular flexibility index (Phi) is 3.78. The lowest BCUT2D eigenvalue weighted by Gasteiger charge is -2.07. The van der Waals surface area contributed by atoms with Crippen molar-refractivity contribution in [1.82, 2.24) is 15.5 Å². The molecular formula is C13H16N4O3. The van der Waals surface area contributed by atoms with Crippen LogP contribution < -0.4 is 5.32 Å². The van der Waals surface area contributed by atoms with E-state index in [1.807, 2.05) is 0 Å². The molecule has 20 heavy (non-hydrogen) atoms. The summed E-state index contributed by atoms with van der Waals surface area (Å²) in [7, 11) is 0. The normalized spacial score (nSPS) is 18.1. The van der Waals surface area contributed by atoms with Gasteiger partial charge in [-0.1, -0.05) is 17.2 Å². The Morgan fingerprint density at radius 2 is 2.40 bits per heavy atom. The van der Waals surface area contributed by atoms with Gasteiger partial charge in [-0.15, -0.1) is 0 Å². The molecule has 1 aliphatic rings. The third kappa shape index (κ3) is 2.88. The van der Waals surface area contributed by atoms with Gasteiger partial charge in [0.05, 0.1) is 18.5 Å². The van der Waals surface area contributed by atoms with E-state index in [9.17, 15) is 0 Å². The standard InChI is InChI=1S/C13H16N4O3/c1-2-9-6-10(19-16-9)7-14-8-12-15-13(17-20-12)11-4-3-5-18-11/h3-5,10,14H,2,6-8H2,1H3/t10-/m0/s1. The van der Waals surface area contributed by atoms with E-state index in [4.69, 9.17) is 13.8 Å². The fourth-order valence-electron chi connectivity index (χ4n) is 1.98. The molecule has 0 bridgehead atoms. The smallest absolute Gasteiger partial charge is 0.241 e. The SMILES string of the molecule is CCC1=NO[C@H](CNCc2nc(-c3ccco3)no2)C1. The molecule has 0 aliphatic carbocycles. The van der Waals surface area contributed by atoms with E-state index < -0.39 is 0 Å². The molecule has 0 unspecified atom stereocenters. The Hall–Kier alpha value is -2.15. The second-order valence-electron chi connectivity index (χ2n) is 4.56. The van der Waals surface area contributed by atoms with Gasteiger partial charge in [0, 0.05) is 13.0 Å². The summed E-state index contributed by atoms with van der Waals surface area (Å²) in [5.74, 6) is 1.58. The summed E-state index contributed by atoms with van der Waals surface area (Å²) in [6.07, 6.45) is 3.49. The summed E-state index contributed by atoms with van der Waals surface area (Å²) in [4.78, 5) is 9.55. The van der Waals surface area contributed by atoms with Gasteiger partial charge in [-0.05, 0) is 18.6 Å². The first-order chi connectivity index (χ1) is 9.85. The minimum Gasteiger partial charge on any atom is -0.461 e. The highest BCUT2D eigenvalue weighted by Gasteiger charge is 2.19. The predicted molar refractivity (Wildman–Crippen MR) is 70.9 cm³/mol. The number of aromatic nitrogens is 2. The van der Waals surface area contributed by atoms with Crippen molar-refractivity contribution in [1.29, 1.82) is 0 Å². The summed E-state index contributed by atoms with van der Waals surface area (Å²) in [5.41, 5.74) is 1.11. The molecule has 0 aromatic carbocycles. The Balaban J connectivity index is 1.45. The topological polar surface area (TPSA) is 85.7 Å². The lowest BCUT2D eigenvalue weighted by atomic mass is 10.1. The monoisotopic (exact) mass is 276 g/mol. The summed E-state index contributed by atoms with van der Waals surface area (Å²) < 4.78 is 10.3. The molecule has 0 radical (unpaired) electrons. The molecule has 0 saturated carbocycles. The zero-order chi connectivity index (χ0) is 13.8. The van der Waals surface area contributed by atoms with Crippen molar-refractivity contribution in [3.8, 4) is 11.6 Å². The number of rotatable bonds is 6. The van der Waals surface area contributed by atoms with Crippen LogP contribution in [-0.2, 0) is 11.4 Å². The molecule has 3 rings (SSSR count). The molecule has 2 aromatic rings. The first kappa shape index (κ1) is 12.9. The fourth-order valence-corrected chi connectivity index (χ4v) is 1.98. The van der Waals surface area contributed by atoms with Crippen molar-refractivity contribution in [3.63, 3.8) is 0 Å². The van der Waals surface area contributed by atoms with Gasteiger partial charge in [-0.2, -0.15) is 4.98 Å². The highest BCUT2D eigenvalue weighted by atomic mass is 16.6. The number of nitrogens with zero attached hydrogens (tertiary/aromatic N) is 3. The minimum atomic E-state index is 0.0948.